The predicted molar refractivity (Wildman–Crippen MR) is 153 cm³/mol. The summed E-state index contributed by atoms with van der Waals surface area (Å²) in [6.07, 6.45) is 5.23. The normalized spacial score (nSPS) is 11.8. The summed E-state index contributed by atoms with van der Waals surface area (Å²) in [4.78, 5) is 21.4. The highest BCUT2D eigenvalue weighted by Crippen LogP contribution is 2.31. The van der Waals surface area contributed by atoms with E-state index >= 15 is 0 Å². The Morgan fingerprint density at radius 3 is 2.68 bits per heavy atom. The van der Waals surface area contributed by atoms with E-state index in [9.17, 15) is 4.79 Å². The molecular weight excluding hydrogens is 536 g/mol. The fraction of sp³-hybridized carbons (Fsp3) is 0.179. The maximum atomic E-state index is 12.8. The van der Waals surface area contributed by atoms with Gasteiger partial charge in [0, 0.05) is 34.4 Å². The Balaban J connectivity index is 1.26. The monoisotopic (exact) mass is 560 g/mol. The molecule has 0 saturated heterocycles. The van der Waals surface area contributed by atoms with Gasteiger partial charge in [-0.3, -0.25) is 14.3 Å². The molecule has 2 aromatic carbocycles. The first kappa shape index (κ1) is 26.1. The second-order valence-electron chi connectivity index (χ2n) is 8.67. The van der Waals surface area contributed by atoms with Gasteiger partial charge in [-0.1, -0.05) is 59.8 Å². The maximum absolute atomic E-state index is 12.8. The first-order chi connectivity index (χ1) is 18.6. The van der Waals surface area contributed by atoms with Gasteiger partial charge in [0.15, 0.2) is 11.0 Å². The molecule has 5 rings (SSSR count). The van der Waals surface area contributed by atoms with Gasteiger partial charge in [-0.2, -0.15) is 0 Å². The Hall–Kier alpha value is -3.53. The Kier molecular flexibility index (Phi) is 8.47. The van der Waals surface area contributed by atoms with Crippen molar-refractivity contribution in [2.24, 2.45) is 0 Å². The molecule has 0 fully saturated rings. The van der Waals surface area contributed by atoms with E-state index in [0.29, 0.717) is 27.5 Å². The first-order valence-corrected chi connectivity index (χ1v) is 14.3. The lowest BCUT2D eigenvalue weighted by molar-refractivity contribution is 0.0934. The standard InChI is InChI=1S/C28H25ClN6OS2/c1-19(10-11-20-6-3-2-4-7-20)31-27(36)24-17-37-25(32-24)18-38-28-34-33-26(21-12-14-30-15-13-21)35(28)23-9-5-8-22(29)16-23/h2-9,12-17,19H,10-11,18H2,1H3,(H,31,36). The van der Waals surface area contributed by atoms with Crippen molar-refractivity contribution in [2.75, 3.05) is 0 Å². The van der Waals surface area contributed by atoms with Crippen LogP contribution in [0.4, 0.5) is 0 Å². The van der Waals surface area contributed by atoms with Gasteiger partial charge < -0.3 is 5.32 Å². The molecule has 0 bridgehead atoms. The van der Waals surface area contributed by atoms with E-state index in [1.54, 1.807) is 17.8 Å². The zero-order valence-corrected chi connectivity index (χ0v) is 23.0. The molecule has 0 spiro atoms. The van der Waals surface area contributed by atoms with Crippen molar-refractivity contribution < 1.29 is 4.79 Å². The molecule has 0 saturated carbocycles. The highest BCUT2D eigenvalue weighted by molar-refractivity contribution is 7.98. The average Bonchev–Trinajstić information content (AvgIpc) is 3.59. The van der Waals surface area contributed by atoms with E-state index in [2.05, 4.69) is 37.6 Å². The lowest BCUT2D eigenvalue weighted by atomic mass is 10.1. The lowest BCUT2D eigenvalue weighted by Crippen LogP contribution is -2.33. The molecule has 1 unspecified atom stereocenters. The van der Waals surface area contributed by atoms with E-state index < -0.39 is 0 Å². The van der Waals surface area contributed by atoms with Gasteiger partial charge in [0.05, 0.1) is 11.4 Å². The summed E-state index contributed by atoms with van der Waals surface area (Å²) < 4.78 is 1.97. The molecule has 0 radical (unpaired) electrons. The molecular formula is C28H25ClN6OS2. The van der Waals surface area contributed by atoms with Crippen LogP contribution in [0.3, 0.4) is 0 Å². The van der Waals surface area contributed by atoms with Gasteiger partial charge in [0.1, 0.15) is 10.7 Å². The second-order valence-corrected chi connectivity index (χ2v) is 11.0. The second kappa shape index (κ2) is 12.3. The predicted octanol–water partition coefficient (Wildman–Crippen LogP) is 6.48. The number of nitrogens with one attached hydrogen (secondary N) is 1. The lowest BCUT2D eigenvalue weighted by Gasteiger charge is -2.12. The summed E-state index contributed by atoms with van der Waals surface area (Å²) in [5.74, 6) is 1.09. The number of halogens is 1. The van der Waals surface area contributed by atoms with Gasteiger partial charge in [-0.05, 0) is 55.7 Å². The van der Waals surface area contributed by atoms with E-state index in [1.165, 1.54) is 28.7 Å². The molecule has 3 aromatic heterocycles. The Labute approximate surface area is 234 Å². The third-order valence-corrected chi connectivity index (χ3v) is 8.04. The van der Waals surface area contributed by atoms with Crippen LogP contribution in [-0.2, 0) is 12.2 Å². The van der Waals surface area contributed by atoms with Gasteiger partial charge in [-0.15, -0.1) is 21.5 Å². The third kappa shape index (κ3) is 6.48. The van der Waals surface area contributed by atoms with Crippen LogP contribution in [0.2, 0.25) is 5.02 Å². The van der Waals surface area contributed by atoms with E-state index in [4.69, 9.17) is 11.6 Å². The molecule has 0 aliphatic rings. The van der Waals surface area contributed by atoms with Crippen LogP contribution >= 0.6 is 34.7 Å². The number of aryl methyl sites for hydroxylation is 1. The number of amides is 1. The Morgan fingerprint density at radius 2 is 1.89 bits per heavy atom. The van der Waals surface area contributed by atoms with Crippen molar-refractivity contribution in [1.29, 1.82) is 0 Å². The smallest absolute Gasteiger partial charge is 0.270 e. The highest BCUT2D eigenvalue weighted by atomic mass is 35.5. The molecule has 5 aromatic rings. The summed E-state index contributed by atoms with van der Waals surface area (Å²) in [7, 11) is 0. The van der Waals surface area contributed by atoms with Gasteiger partial charge in [0.2, 0.25) is 0 Å². The van der Waals surface area contributed by atoms with Crippen LogP contribution < -0.4 is 5.32 Å². The van der Waals surface area contributed by atoms with E-state index in [1.807, 2.05) is 66.1 Å². The minimum atomic E-state index is -0.153. The summed E-state index contributed by atoms with van der Waals surface area (Å²) in [6.45, 7) is 2.02. The van der Waals surface area contributed by atoms with Crippen LogP contribution in [0.25, 0.3) is 17.1 Å². The molecule has 38 heavy (non-hydrogen) atoms. The van der Waals surface area contributed by atoms with Gasteiger partial charge in [0.25, 0.3) is 5.91 Å². The number of thioether (sulfide) groups is 1. The van der Waals surface area contributed by atoms with Crippen LogP contribution in [0, 0.1) is 0 Å². The Bertz CT molecular complexity index is 1510. The third-order valence-electron chi connectivity index (χ3n) is 5.83. The minimum absolute atomic E-state index is 0.0464. The summed E-state index contributed by atoms with van der Waals surface area (Å²) >= 11 is 9.26. The number of aromatic nitrogens is 5. The number of hydrogen-bond acceptors (Lipinski definition) is 7. The quantitative estimate of drug-likeness (QED) is 0.197. The molecule has 1 amide bonds. The van der Waals surface area contributed by atoms with Crippen molar-refractivity contribution in [1.82, 2.24) is 30.0 Å². The van der Waals surface area contributed by atoms with Crippen molar-refractivity contribution in [3.63, 3.8) is 0 Å². The van der Waals surface area contributed by atoms with E-state index in [-0.39, 0.29) is 11.9 Å². The van der Waals surface area contributed by atoms with Crippen LogP contribution in [0.1, 0.15) is 34.4 Å². The molecule has 10 heteroatoms. The molecule has 1 atom stereocenters. The first-order valence-electron chi connectivity index (χ1n) is 12.1. The molecule has 1 N–H and O–H groups in total. The highest BCUT2D eigenvalue weighted by Gasteiger charge is 2.18. The zero-order chi connectivity index (χ0) is 26.3. The van der Waals surface area contributed by atoms with Gasteiger partial charge in [-0.25, -0.2) is 4.98 Å². The number of rotatable bonds is 10. The number of hydrogen-bond donors (Lipinski definition) is 1. The molecule has 3 heterocycles. The number of nitrogens with zero attached hydrogens (tertiary/aromatic N) is 5. The summed E-state index contributed by atoms with van der Waals surface area (Å²) in [6, 6.07) is 21.7. The van der Waals surface area contributed by atoms with Crippen molar-refractivity contribution in [3.8, 4) is 17.1 Å². The van der Waals surface area contributed by atoms with Crippen LogP contribution in [0.15, 0.2) is 89.7 Å². The zero-order valence-electron chi connectivity index (χ0n) is 20.6. The van der Waals surface area contributed by atoms with Crippen molar-refractivity contribution >= 4 is 40.6 Å². The van der Waals surface area contributed by atoms with Gasteiger partial charge >= 0.3 is 0 Å². The SMILES string of the molecule is CC(CCc1ccccc1)NC(=O)c1csc(CSc2nnc(-c3ccncc3)n2-c2cccc(Cl)c2)n1. The number of carbonyl (C=O) groups excluding carboxylic acids is 1. The van der Waals surface area contributed by atoms with Crippen molar-refractivity contribution in [2.45, 2.75) is 36.7 Å². The Morgan fingerprint density at radius 1 is 1.08 bits per heavy atom. The number of carbonyl (C=O) groups is 1. The fourth-order valence-electron chi connectivity index (χ4n) is 3.90. The fourth-order valence-corrected chi connectivity index (χ4v) is 5.83. The summed E-state index contributed by atoms with van der Waals surface area (Å²) in [5.41, 5.74) is 3.46. The van der Waals surface area contributed by atoms with Crippen LogP contribution in [0.5, 0.6) is 0 Å². The summed E-state index contributed by atoms with van der Waals surface area (Å²) in [5, 5.41) is 15.9. The topological polar surface area (TPSA) is 85.6 Å². The molecule has 192 valence electrons. The number of pyridine rings is 1. The minimum Gasteiger partial charge on any atom is -0.348 e. The molecule has 7 nitrogen and oxygen atoms in total. The van der Waals surface area contributed by atoms with Crippen LogP contribution in [-0.4, -0.2) is 36.7 Å². The molecule has 0 aliphatic heterocycles. The van der Waals surface area contributed by atoms with E-state index in [0.717, 1.165) is 29.1 Å². The number of thiazole rings is 1. The maximum Gasteiger partial charge on any atom is 0.270 e. The number of benzene rings is 2. The molecule has 0 aliphatic carbocycles. The average molecular weight is 561 g/mol. The largest absolute Gasteiger partial charge is 0.348 e. The van der Waals surface area contributed by atoms with Crippen molar-refractivity contribution in [3.05, 3.63) is 106 Å².